The van der Waals surface area contributed by atoms with Crippen molar-refractivity contribution in [3.8, 4) is 11.5 Å². The Morgan fingerprint density at radius 2 is 1.79 bits per heavy atom. The summed E-state index contributed by atoms with van der Waals surface area (Å²) in [6.07, 6.45) is -0.805. The van der Waals surface area contributed by atoms with Crippen LogP contribution < -0.4 is 0 Å². The maximum Gasteiger partial charge on any atom is 0.339 e. The molecule has 0 amide bonds. The fourth-order valence-electron chi connectivity index (χ4n) is 2.56. The molecule has 9 heteroatoms. The molecule has 1 heterocycles. The van der Waals surface area contributed by atoms with Crippen molar-refractivity contribution in [1.29, 1.82) is 0 Å². The molecule has 0 aliphatic heterocycles. The van der Waals surface area contributed by atoms with Gasteiger partial charge in [-0.15, -0.1) is 10.2 Å². The van der Waals surface area contributed by atoms with Crippen molar-refractivity contribution in [2.24, 2.45) is 0 Å². The number of rotatable bonds is 6. The van der Waals surface area contributed by atoms with Gasteiger partial charge >= 0.3 is 5.97 Å². The first-order valence-electron chi connectivity index (χ1n) is 8.83. The maximum absolute atomic E-state index is 12.7. The Labute approximate surface area is 169 Å². The van der Waals surface area contributed by atoms with Crippen molar-refractivity contribution in [2.45, 2.75) is 24.8 Å². The molecule has 3 aromatic rings. The number of aromatic nitrogens is 2. The summed E-state index contributed by atoms with van der Waals surface area (Å²) in [5, 5.41) is 7.92. The highest BCUT2D eigenvalue weighted by molar-refractivity contribution is 7.89. The minimum atomic E-state index is -3.67. The van der Waals surface area contributed by atoms with Crippen molar-refractivity contribution in [2.75, 3.05) is 14.1 Å². The van der Waals surface area contributed by atoms with Gasteiger partial charge in [-0.2, -0.15) is 0 Å². The second-order valence-electron chi connectivity index (χ2n) is 6.62. The standard InChI is InChI=1S/C20H21N3O5S/c1-13-10-11-16(29(25,26)23(3)4)12-17(13)20(24)27-14(2)18-21-22-19(28-18)15-8-6-5-7-9-15/h5-12,14H,1-4H3/t14-/m0/s1. The lowest BCUT2D eigenvalue weighted by Gasteiger charge is -2.14. The van der Waals surface area contributed by atoms with E-state index in [1.807, 2.05) is 30.3 Å². The van der Waals surface area contributed by atoms with Crippen LogP contribution in [0.5, 0.6) is 0 Å². The summed E-state index contributed by atoms with van der Waals surface area (Å²) in [4.78, 5) is 12.7. The van der Waals surface area contributed by atoms with Gasteiger partial charge in [-0.05, 0) is 43.7 Å². The Kier molecular flexibility index (Phi) is 5.81. The van der Waals surface area contributed by atoms with Crippen LogP contribution in [0.1, 0.15) is 34.8 Å². The fraction of sp³-hybridized carbons (Fsp3) is 0.250. The topological polar surface area (TPSA) is 103 Å². The Hall–Kier alpha value is -3.04. The van der Waals surface area contributed by atoms with Gasteiger partial charge in [0.05, 0.1) is 10.5 Å². The van der Waals surface area contributed by atoms with E-state index in [-0.39, 0.29) is 16.3 Å². The number of carbonyl (C=O) groups excluding carboxylic acids is 1. The van der Waals surface area contributed by atoms with Gasteiger partial charge in [-0.1, -0.05) is 24.3 Å². The third-order valence-corrected chi connectivity index (χ3v) is 6.11. The van der Waals surface area contributed by atoms with Gasteiger partial charge in [-0.3, -0.25) is 0 Å². The summed E-state index contributed by atoms with van der Waals surface area (Å²) in [7, 11) is -0.821. The first-order chi connectivity index (χ1) is 13.7. The van der Waals surface area contributed by atoms with Crippen LogP contribution in [0.15, 0.2) is 57.8 Å². The predicted molar refractivity (Wildman–Crippen MR) is 106 cm³/mol. The van der Waals surface area contributed by atoms with Crippen LogP contribution >= 0.6 is 0 Å². The van der Waals surface area contributed by atoms with Gasteiger partial charge < -0.3 is 9.15 Å². The number of nitrogens with zero attached hydrogens (tertiary/aromatic N) is 3. The van der Waals surface area contributed by atoms with E-state index < -0.39 is 22.1 Å². The molecule has 0 fully saturated rings. The minimum absolute atomic E-state index is 0.0110. The van der Waals surface area contributed by atoms with Crippen molar-refractivity contribution >= 4 is 16.0 Å². The molecular weight excluding hydrogens is 394 g/mol. The first kappa shape index (κ1) is 20.7. The van der Waals surface area contributed by atoms with Crippen molar-refractivity contribution in [3.63, 3.8) is 0 Å². The molecule has 0 N–H and O–H groups in total. The normalized spacial score (nSPS) is 12.7. The van der Waals surface area contributed by atoms with E-state index in [9.17, 15) is 13.2 Å². The number of sulfonamides is 1. The lowest BCUT2D eigenvalue weighted by atomic mass is 10.1. The molecule has 3 rings (SSSR count). The number of benzene rings is 2. The number of hydrogen-bond acceptors (Lipinski definition) is 7. The highest BCUT2D eigenvalue weighted by atomic mass is 32.2. The van der Waals surface area contributed by atoms with Gasteiger partial charge in [0, 0.05) is 19.7 Å². The molecular formula is C20H21N3O5S. The summed E-state index contributed by atoms with van der Waals surface area (Å²) in [6, 6.07) is 13.6. The van der Waals surface area contributed by atoms with Crippen molar-refractivity contribution < 1.29 is 22.4 Å². The molecule has 0 unspecified atom stereocenters. The SMILES string of the molecule is Cc1ccc(S(=O)(=O)N(C)C)cc1C(=O)O[C@@H](C)c1nnc(-c2ccccc2)o1. The Morgan fingerprint density at radius 3 is 2.45 bits per heavy atom. The number of hydrogen-bond donors (Lipinski definition) is 0. The zero-order valence-corrected chi connectivity index (χ0v) is 17.3. The second kappa shape index (κ2) is 8.14. The van der Waals surface area contributed by atoms with E-state index in [0.29, 0.717) is 11.5 Å². The Balaban J connectivity index is 1.81. The average Bonchev–Trinajstić information content (AvgIpc) is 3.19. The van der Waals surface area contributed by atoms with Gasteiger partial charge in [-0.25, -0.2) is 17.5 Å². The molecule has 0 saturated heterocycles. The van der Waals surface area contributed by atoms with Crippen LogP contribution in [-0.4, -0.2) is 43.0 Å². The molecule has 0 saturated carbocycles. The first-order valence-corrected chi connectivity index (χ1v) is 10.3. The predicted octanol–water partition coefficient (Wildman–Crippen LogP) is 3.21. The fourth-order valence-corrected chi connectivity index (χ4v) is 3.49. The summed E-state index contributed by atoms with van der Waals surface area (Å²) in [5.74, 6) is -0.212. The molecule has 0 spiro atoms. The summed E-state index contributed by atoms with van der Waals surface area (Å²) >= 11 is 0. The molecule has 2 aromatic carbocycles. The number of carbonyl (C=O) groups is 1. The molecule has 8 nitrogen and oxygen atoms in total. The van der Waals surface area contributed by atoms with Crippen molar-refractivity contribution in [3.05, 3.63) is 65.5 Å². The summed E-state index contributed by atoms with van der Waals surface area (Å²) < 4.78 is 36.8. The monoisotopic (exact) mass is 415 g/mol. The van der Waals surface area contributed by atoms with E-state index >= 15 is 0 Å². The van der Waals surface area contributed by atoms with E-state index in [1.54, 1.807) is 19.9 Å². The van der Waals surface area contributed by atoms with Crippen LogP contribution in [0.2, 0.25) is 0 Å². The van der Waals surface area contributed by atoms with Gasteiger partial charge in [0.2, 0.25) is 15.9 Å². The highest BCUT2D eigenvalue weighted by Crippen LogP contribution is 2.24. The van der Waals surface area contributed by atoms with Gasteiger partial charge in [0.15, 0.2) is 6.10 Å². The van der Waals surface area contributed by atoms with Crippen LogP contribution in [-0.2, 0) is 14.8 Å². The minimum Gasteiger partial charge on any atom is -0.449 e. The number of esters is 1. The molecule has 0 bridgehead atoms. The van der Waals surface area contributed by atoms with Crippen LogP contribution in [0, 0.1) is 6.92 Å². The number of ether oxygens (including phenoxy) is 1. The highest BCUT2D eigenvalue weighted by Gasteiger charge is 2.24. The Bertz CT molecular complexity index is 1120. The molecule has 0 aliphatic carbocycles. The lowest BCUT2D eigenvalue weighted by molar-refractivity contribution is 0.0278. The molecule has 1 aromatic heterocycles. The molecule has 0 aliphatic rings. The summed E-state index contributed by atoms with van der Waals surface area (Å²) in [5.41, 5.74) is 1.50. The summed E-state index contributed by atoms with van der Waals surface area (Å²) in [6.45, 7) is 3.31. The van der Waals surface area contributed by atoms with Crippen LogP contribution in [0.3, 0.4) is 0 Å². The molecule has 152 valence electrons. The van der Waals surface area contributed by atoms with Gasteiger partial charge in [0.25, 0.3) is 5.89 Å². The average molecular weight is 415 g/mol. The number of aryl methyl sites for hydroxylation is 1. The van der Waals surface area contributed by atoms with Gasteiger partial charge in [0.1, 0.15) is 0 Å². The third kappa shape index (κ3) is 4.36. The lowest BCUT2D eigenvalue weighted by Crippen LogP contribution is -2.22. The van der Waals surface area contributed by atoms with Crippen LogP contribution in [0.4, 0.5) is 0 Å². The quantitative estimate of drug-likeness (QED) is 0.570. The maximum atomic E-state index is 12.7. The zero-order chi connectivity index (χ0) is 21.2. The third-order valence-electron chi connectivity index (χ3n) is 4.30. The molecule has 0 radical (unpaired) electrons. The van der Waals surface area contributed by atoms with E-state index in [0.717, 1.165) is 9.87 Å². The van der Waals surface area contributed by atoms with E-state index in [4.69, 9.17) is 9.15 Å². The van der Waals surface area contributed by atoms with E-state index in [2.05, 4.69) is 10.2 Å². The van der Waals surface area contributed by atoms with Crippen LogP contribution in [0.25, 0.3) is 11.5 Å². The van der Waals surface area contributed by atoms with Crippen molar-refractivity contribution in [1.82, 2.24) is 14.5 Å². The Morgan fingerprint density at radius 1 is 1.10 bits per heavy atom. The smallest absolute Gasteiger partial charge is 0.339 e. The molecule has 1 atom stereocenters. The molecule has 29 heavy (non-hydrogen) atoms. The second-order valence-corrected chi connectivity index (χ2v) is 8.78. The van der Waals surface area contributed by atoms with E-state index in [1.165, 1.54) is 26.2 Å². The largest absolute Gasteiger partial charge is 0.449 e. The zero-order valence-electron chi connectivity index (χ0n) is 16.5.